The molecule has 0 unspecified atom stereocenters. The standard InChI is InChI=1S/C15H21N3O2S/c1-13-5-8-15(12-16,9-6-13)18-21(19,20)11-7-14-4-2-3-10-17-14/h2-4,10,13,18H,5-9,11H2,1H3. The molecule has 2 rings (SSSR count). The van der Waals surface area contributed by atoms with Crippen molar-refractivity contribution < 1.29 is 8.42 Å². The van der Waals surface area contributed by atoms with Crippen molar-refractivity contribution in [2.24, 2.45) is 5.92 Å². The fourth-order valence-corrected chi connectivity index (χ4v) is 4.05. The predicted octanol–water partition coefficient (Wildman–Crippen LogP) is 2.02. The number of nitriles is 1. The van der Waals surface area contributed by atoms with E-state index in [4.69, 9.17) is 0 Å². The Bertz CT molecular complexity index is 600. The molecule has 1 N–H and O–H groups in total. The zero-order valence-electron chi connectivity index (χ0n) is 12.2. The third-order valence-electron chi connectivity index (χ3n) is 4.05. The highest BCUT2D eigenvalue weighted by Crippen LogP contribution is 2.32. The number of nitrogens with zero attached hydrogens (tertiary/aromatic N) is 2. The van der Waals surface area contributed by atoms with E-state index in [2.05, 4.69) is 22.7 Å². The van der Waals surface area contributed by atoms with Crippen LogP contribution in [0.4, 0.5) is 0 Å². The van der Waals surface area contributed by atoms with E-state index in [1.54, 1.807) is 18.3 Å². The monoisotopic (exact) mass is 307 g/mol. The van der Waals surface area contributed by atoms with Crippen molar-refractivity contribution in [3.8, 4) is 6.07 Å². The molecule has 1 fully saturated rings. The maximum absolute atomic E-state index is 12.2. The Hall–Kier alpha value is -1.45. The van der Waals surface area contributed by atoms with Gasteiger partial charge in [-0.05, 0) is 43.7 Å². The first kappa shape index (κ1) is 15.9. The van der Waals surface area contributed by atoms with E-state index < -0.39 is 15.6 Å². The van der Waals surface area contributed by atoms with E-state index in [-0.39, 0.29) is 5.75 Å². The molecule has 1 saturated carbocycles. The lowest BCUT2D eigenvalue weighted by molar-refractivity contribution is 0.278. The second-order valence-electron chi connectivity index (χ2n) is 5.87. The van der Waals surface area contributed by atoms with Crippen molar-refractivity contribution in [2.45, 2.75) is 44.6 Å². The van der Waals surface area contributed by atoms with Gasteiger partial charge in [0, 0.05) is 18.3 Å². The Kier molecular flexibility index (Phi) is 4.96. The van der Waals surface area contributed by atoms with Gasteiger partial charge in [-0.3, -0.25) is 4.98 Å². The maximum Gasteiger partial charge on any atom is 0.213 e. The van der Waals surface area contributed by atoms with Crippen LogP contribution in [0.15, 0.2) is 24.4 Å². The van der Waals surface area contributed by atoms with E-state index in [1.807, 2.05) is 6.07 Å². The molecule has 0 saturated heterocycles. The normalized spacial score (nSPS) is 26.2. The molecule has 0 bridgehead atoms. The number of sulfonamides is 1. The van der Waals surface area contributed by atoms with Gasteiger partial charge in [0.1, 0.15) is 5.54 Å². The topological polar surface area (TPSA) is 82.9 Å². The van der Waals surface area contributed by atoms with Gasteiger partial charge in [0.05, 0.1) is 11.8 Å². The molecule has 21 heavy (non-hydrogen) atoms. The van der Waals surface area contributed by atoms with E-state index in [0.717, 1.165) is 18.5 Å². The third-order valence-corrected chi connectivity index (χ3v) is 5.49. The zero-order chi connectivity index (χ0) is 15.3. The van der Waals surface area contributed by atoms with Crippen LogP contribution < -0.4 is 4.72 Å². The van der Waals surface area contributed by atoms with Gasteiger partial charge in [-0.15, -0.1) is 0 Å². The highest BCUT2D eigenvalue weighted by Gasteiger charge is 2.37. The van der Waals surface area contributed by atoms with Gasteiger partial charge in [0.2, 0.25) is 10.0 Å². The minimum Gasteiger partial charge on any atom is -0.261 e. The summed E-state index contributed by atoms with van der Waals surface area (Å²) in [7, 11) is -3.48. The second kappa shape index (κ2) is 6.54. The van der Waals surface area contributed by atoms with Crippen molar-refractivity contribution in [3.05, 3.63) is 30.1 Å². The summed E-state index contributed by atoms with van der Waals surface area (Å²) in [5, 5.41) is 9.39. The first-order chi connectivity index (χ1) is 9.95. The smallest absolute Gasteiger partial charge is 0.213 e. The Morgan fingerprint density at radius 3 is 2.71 bits per heavy atom. The maximum atomic E-state index is 12.2. The first-order valence-electron chi connectivity index (χ1n) is 7.27. The lowest BCUT2D eigenvalue weighted by atomic mass is 9.79. The summed E-state index contributed by atoms with van der Waals surface area (Å²) in [6.45, 7) is 2.14. The average molecular weight is 307 g/mol. The van der Waals surface area contributed by atoms with Crippen LogP contribution in [0.25, 0.3) is 0 Å². The predicted molar refractivity (Wildman–Crippen MR) is 80.8 cm³/mol. The fraction of sp³-hybridized carbons (Fsp3) is 0.600. The van der Waals surface area contributed by atoms with Crippen LogP contribution in [0.3, 0.4) is 0 Å². The molecule has 0 spiro atoms. The highest BCUT2D eigenvalue weighted by molar-refractivity contribution is 7.89. The molecule has 1 aromatic heterocycles. The molecule has 0 aromatic carbocycles. The number of hydrogen-bond acceptors (Lipinski definition) is 4. The van der Waals surface area contributed by atoms with E-state index in [1.165, 1.54) is 0 Å². The van der Waals surface area contributed by atoms with Crippen LogP contribution in [0.2, 0.25) is 0 Å². The van der Waals surface area contributed by atoms with Crippen molar-refractivity contribution in [2.75, 3.05) is 5.75 Å². The van der Waals surface area contributed by atoms with Gasteiger partial charge in [-0.1, -0.05) is 13.0 Å². The minimum absolute atomic E-state index is 0.0387. The summed E-state index contributed by atoms with van der Waals surface area (Å²) >= 11 is 0. The second-order valence-corrected chi connectivity index (χ2v) is 7.71. The van der Waals surface area contributed by atoms with Crippen molar-refractivity contribution in [1.29, 1.82) is 5.26 Å². The number of aromatic nitrogens is 1. The summed E-state index contributed by atoms with van der Waals surface area (Å²) in [5.74, 6) is 0.521. The number of pyridine rings is 1. The van der Waals surface area contributed by atoms with Crippen LogP contribution in [-0.4, -0.2) is 24.7 Å². The molecule has 0 radical (unpaired) electrons. The van der Waals surface area contributed by atoms with Gasteiger partial charge in [-0.25, -0.2) is 8.42 Å². The number of rotatable bonds is 5. The summed E-state index contributed by atoms with van der Waals surface area (Å²) in [6, 6.07) is 7.62. The summed E-state index contributed by atoms with van der Waals surface area (Å²) in [5.41, 5.74) is -0.179. The lowest BCUT2D eigenvalue weighted by Crippen LogP contribution is -2.50. The number of aryl methyl sites for hydroxylation is 1. The van der Waals surface area contributed by atoms with Gasteiger partial charge in [0.15, 0.2) is 0 Å². The molecule has 1 aromatic rings. The molecular formula is C15H21N3O2S. The third kappa shape index (κ3) is 4.51. The van der Waals surface area contributed by atoms with Gasteiger partial charge in [0.25, 0.3) is 0 Å². The van der Waals surface area contributed by atoms with E-state index in [0.29, 0.717) is 25.2 Å². The molecule has 5 nitrogen and oxygen atoms in total. The fourth-order valence-electron chi connectivity index (χ4n) is 2.63. The van der Waals surface area contributed by atoms with Crippen LogP contribution in [-0.2, 0) is 16.4 Å². The molecule has 0 aliphatic heterocycles. The molecule has 0 atom stereocenters. The molecule has 6 heteroatoms. The molecule has 114 valence electrons. The minimum atomic E-state index is -3.48. The summed E-state index contributed by atoms with van der Waals surface area (Å²) in [4.78, 5) is 4.12. The number of nitrogens with one attached hydrogen (secondary N) is 1. The van der Waals surface area contributed by atoms with Gasteiger partial charge in [-0.2, -0.15) is 9.98 Å². The average Bonchev–Trinajstić information content (AvgIpc) is 2.49. The lowest BCUT2D eigenvalue weighted by Gasteiger charge is -2.34. The Labute approximate surface area is 126 Å². The molecule has 1 aliphatic carbocycles. The van der Waals surface area contributed by atoms with Crippen LogP contribution in [0, 0.1) is 17.2 Å². The Morgan fingerprint density at radius 1 is 1.43 bits per heavy atom. The van der Waals surface area contributed by atoms with Crippen LogP contribution in [0.5, 0.6) is 0 Å². The van der Waals surface area contributed by atoms with Crippen molar-refractivity contribution in [3.63, 3.8) is 0 Å². The Morgan fingerprint density at radius 2 is 2.14 bits per heavy atom. The molecule has 1 heterocycles. The SMILES string of the molecule is CC1CCC(C#N)(NS(=O)(=O)CCc2ccccn2)CC1. The number of hydrogen-bond donors (Lipinski definition) is 1. The van der Waals surface area contributed by atoms with Crippen molar-refractivity contribution >= 4 is 10.0 Å². The first-order valence-corrected chi connectivity index (χ1v) is 8.93. The van der Waals surface area contributed by atoms with E-state index >= 15 is 0 Å². The molecule has 0 amide bonds. The quantitative estimate of drug-likeness (QED) is 0.902. The van der Waals surface area contributed by atoms with Gasteiger partial charge >= 0.3 is 0 Å². The van der Waals surface area contributed by atoms with Gasteiger partial charge < -0.3 is 0 Å². The van der Waals surface area contributed by atoms with Crippen molar-refractivity contribution in [1.82, 2.24) is 9.71 Å². The summed E-state index contributed by atoms with van der Waals surface area (Å²) < 4.78 is 27.1. The Balaban J connectivity index is 1.98. The van der Waals surface area contributed by atoms with Crippen LogP contribution in [0.1, 0.15) is 38.3 Å². The largest absolute Gasteiger partial charge is 0.261 e. The zero-order valence-corrected chi connectivity index (χ0v) is 13.1. The van der Waals surface area contributed by atoms with Crippen LogP contribution >= 0.6 is 0 Å². The molecule has 1 aliphatic rings. The summed E-state index contributed by atoms with van der Waals surface area (Å²) in [6.07, 6.45) is 4.95. The highest BCUT2D eigenvalue weighted by atomic mass is 32.2. The van der Waals surface area contributed by atoms with E-state index in [9.17, 15) is 13.7 Å². The molecular weight excluding hydrogens is 286 g/mol.